The van der Waals surface area contributed by atoms with Crippen LogP contribution in [0.2, 0.25) is 0 Å². The fourth-order valence-corrected chi connectivity index (χ4v) is 6.28. The van der Waals surface area contributed by atoms with Crippen LogP contribution >= 0.6 is 15.9 Å². The van der Waals surface area contributed by atoms with Crippen molar-refractivity contribution >= 4 is 37.5 Å². The van der Waals surface area contributed by atoms with E-state index in [0.29, 0.717) is 19.6 Å². The molecule has 0 aliphatic carbocycles. The lowest BCUT2D eigenvalue weighted by atomic mass is 10.1. The summed E-state index contributed by atoms with van der Waals surface area (Å²) in [6, 6.07) is 10.4. The molecule has 1 unspecified atom stereocenters. The molecule has 2 fully saturated rings. The van der Waals surface area contributed by atoms with Gasteiger partial charge in [0.2, 0.25) is 15.9 Å². The van der Waals surface area contributed by atoms with Gasteiger partial charge < -0.3 is 14.5 Å². The van der Waals surface area contributed by atoms with Gasteiger partial charge in [-0.2, -0.15) is 4.31 Å². The van der Waals surface area contributed by atoms with E-state index in [1.54, 1.807) is 36.7 Å². The minimum Gasteiger partial charge on any atom is -0.370 e. The molecule has 0 spiro atoms. The predicted octanol–water partition coefficient (Wildman–Crippen LogP) is 2.75. The van der Waals surface area contributed by atoms with Crippen molar-refractivity contribution in [2.24, 2.45) is 0 Å². The SMILES string of the molecule is O=C(COCC1CCCCN1S(=O)(=O)c1ccc(Br)cc1)N1CCN(c2ccncc2)CC1. The third kappa shape index (κ3) is 5.92. The van der Waals surface area contributed by atoms with E-state index in [1.807, 2.05) is 17.0 Å². The molecule has 10 heteroatoms. The highest BCUT2D eigenvalue weighted by Crippen LogP contribution is 2.26. The van der Waals surface area contributed by atoms with Crippen molar-refractivity contribution in [2.75, 3.05) is 50.8 Å². The Balaban J connectivity index is 1.28. The number of hydrogen-bond acceptors (Lipinski definition) is 6. The molecule has 1 aromatic carbocycles. The Bertz CT molecular complexity index is 1030. The summed E-state index contributed by atoms with van der Waals surface area (Å²) in [6.07, 6.45) is 6.05. The number of benzene rings is 1. The number of aromatic nitrogens is 1. The molecule has 3 heterocycles. The standard InChI is InChI=1S/C23H29BrN4O4S/c24-19-4-6-22(7-5-19)33(30,31)28-12-2-1-3-21(28)17-32-18-23(29)27-15-13-26(14-16-27)20-8-10-25-11-9-20/h4-11,21H,1-3,12-18H2. The Kier molecular flexibility index (Phi) is 8.00. The predicted molar refractivity (Wildman–Crippen MR) is 130 cm³/mol. The average molecular weight is 537 g/mol. The summed E-state index contributed by atoms with van der Waals surface area (Å²) < 4.78 is 34.5. The number of anilines is 1. The third-order valence-corrected chi connectivity index (χ3v) is 8.68. The number of amides is 1. The first-order valence-electron chi connectivity index (χ1n) is 11.2. The number of halogens is 1. The topological polar surface area (TPSA) is 83.0 Å². The first kappa shape index (κ1) is 24.1. The molecule has 0 radical (unpaired) electrons. The summed E-state index contributed by atoms with van der Waals surface area (Å²) in [5, 5.41) is 0. The van der Waals surface area contributed by atoms with E-state index < -0.39 is 10.0 Å². The second-order valence-corrected chi connectivity index (χ2v) is 11.1. The van der Waals surface area contributed by atoms with Crippen molar-refractivity contribution in [1.29, 1.82) is 0 Å². The molecule has 1 amide bonds. The number of piperidine rings is 1. The van der Waals surface area contributed by atoms with E-state index in [4.69, 9.17) is 4.74 Å². The van der Waals surface area contributed by atoms with Gasteiger partial charge in [-0.1, -0.05) is 22.4 Å². The van der Waals surface area contributed by atoms with Gasteiger partial charge in [0.15, 0.2) is 0 Å². The molecule has 0 bridgehead atoms. The van der Waals surface area contributed by atoms with Crippen LogP contribution in [0.5, 0.6) is 0 Å². The zero-order valence-electron chi connectivity index (χ0n) is 18.5. The first-order valence-corrected chi connectivity index (χ1v) is 13.5. The number of carbonyl (C=O) groups is 1. The quantitative estimate of drug-likeness (QED) is 0.541. The van der Waals surface area contributed by atoms with E-state index in [0.717, 1.165) is 42.5 Å². The van der Waals surface area contributed by atoms with Crippen molar-refractivity contribution in [1.82, 2.24) is 14.2 Å². The first-order chi connectivity index (χ1) is 15.9. The van der Waals surface area contributed by atoms with Gasteiger partial charge in [-0.25, -0.2) is 8.42 Å². The molecule has 2 aliphatic rings. The van der Waals surface area contributed by atoms with Gasteiger partial charge >= 0.3 is 0 Å². The van der Waals surface area contributed by atoms with Crippen LogP contribution in [-0.2, 0) is 19.6 Å². The van der Waals surface area contributed by atoms with Crippen molar-refractivity contribution < 1.29 is 17.9 Å². The lowest BCUT2D eigenvalue weighted by Gasteiger charge is -2.36. The Labute approximate surface area is 203 Å². The van der Waals surface area contributed by atoms with Crippen molar-refractivity contribution in [2.45, 2.75) is 30.2 Å². The van der Waals surface area contributed by atoms with Crippen LogP contribution in [0.25, 0.3) is 0 Å². The van der Waals surface area contributed by atoms with E-state index in [1.165, 1.54) is 4.31 Å². The minimum atomic E-state index is -3.60. The van der Waals surface area contributed by atoms with Crippen LogP contribution in [0, 0.1) is 0 Å². The van der Waals surface area contributed by atoms with Crippen molar-refractivity contribution in [3.63, 3.8) is 0 Å². The van der Waals surface area contributed by atoms with Gasteiger partial charge in [-0.15, -0.1) is 0 Å². The molecule has 8 nitrogen and oxygen atoms in total. The van der Waals surface area contributed by atoms with E-state index in [2.05, 4.69) is 25.8 Å². The van der Waals surface area contributed by atoms with Crippen LogP contribution in [0.4, 0.5) is 5.69 Å². The summed E-state index contributed by atoms with van der Waals surface area (Å²) in [5.41, 5.74) is 1.11. The number of carbonyl (C=O) groups excluding carboxylic acids is 1. The van der Waals surface area contributed by atoms with Gasteiger partial charge in [0.1, 0.15) is 6.61 Å². The molecule has 1 aromatic heterocycles. The fourth-order valence-electron chi connectivity index (χ4n) is 4.34. The largest absolute Gasteiger partial charge is 0.370 e. The lowest BCUT2D eigenvalue weighted by Crippen LogP contribution is -2.50. The van der Waals surface area contributed by atoms with E-state index in [-0.39, 0.29) is 30.1 Å². The number of piperazine rings is 1. The maximum atomic E-state index is 13.2. The second kappa shape index (κ2) is 10.9. The molecular weight excluding hydrogens is 508 g/mol. The van der Waals surface area contributed by atoms with Crippen LogP contribution in [0.15, 0.2) is 58.2 Å². The molecule has 4 rings (SSSR count). The van der Waals surface area contributed by atoms with Crippen LogP contribution in [0.3, 0.4) is 0 Å². The summed E-state index contributed by atoms with van der Waals surface area (Å²) in [7, 11) is -3.60. The number of ether oxygens (including phenoxy) is 1. The highest BCUT2D eigenvalue weighted by atomic mass is 79.9. The Morgan fingerprint density at radius 3 is 2.39 bits per heavy atom. The summed E-state index contributed by atoms with van der Waals surface area (Å²) in [5.74, 6) is -0.0532. The Morgan fingerprint density at radius 2 is 1.70 bits per heavy atom. The van der Waals surface area contributed by atoms with Crippen molar-refractivity contribution in [3.05, 3.63) is 53.3 Å². The third-order valence-electron chi connectivity index (χ3n) is 6.19. The second-order valence-electron chi connectivity index (χ2n) is 8.31. The maximum Gasteiger partial charge on any atom is 0.248 e. The highest BCUT2D eigenvalue weighted by molar-refractivity contribution is 9.10. The molecular formula is C23H29BrN4O4S. The average Bonchev–Trinajstić information content (AvgIpc) is 2.85. The molecule has 2 aliphatic heterocycles. The molecule has 1 atom stereocenters. The van der Waals surface area contributed by atoms with Crippen molar-refractivity contribution in [3.8, 4) is 0 Å². The zero-order valence-corrected chi connectivity index (χ0v) is 20.9. The van der Waals surface area contributed by atoms with Crippen LogP contribution in [0.1, 0.15) is 19.3 Å². The van der Waals surface area contributed by atoms with Crippen LogP contribution < -0.4 is 4.90 Å². The van der Waals surface area contributed by atoms with E-state index in [9.17, 15) is 13.2 Å². The van der Waals surface area contributed by atoms with Gasteiger partial charge in [0.05, 0.1) is 11.5 Å². The number of sulfonamides is 1. The molecule has 178 valence electrons. The molecule has 0 N–H and O–H groups in total. The summed E-state index contributed by atoms with van der Waals surface area (Å²) in [4.78, 5) is 21.0. The Hall–Kier alpha value is -2.01. The monoisotopic (exact) mass is 536 g/mol. The lowest BCUT2D eigenvalue weighted by molar-refractivity contribution is -0.137. The minimum absolute atomic E-state index is 0.0298. The molecule has 0 saturated carbocycles. The number of pyridine rings is 1. The van der Waals surface area contributed by atoms with Gasteiger partial charge in [-0.3, -0.25) is 9.78 Å². The van der Waals surface area contributed by atoms with E-state index >= 15 is 0 Å². The fraction of sp³-hybridized carbons (Fsp3) is 0.478. The summed E-state index contributed by atoms with van der Waals surface area (Å²) in [6.45, 7) is 3.46. The smallest absolute Gasteiger partial charge is 0.248 e. The number of nitrogens with zero attached hydrogens (tertiary/aromatic N) is 4. The van der Waals surface area contributed by atoms with Gasteiger partial charge in [0.25, 0.3) is 0 Å². The van der Waals surface area contributed by atoms with Gasteiger partial charge in [-0.05, 0) is 49.2 Å². The Morgan fingerprint density at radius 1 is 1.00 bits per heavy atom. The number of hydrogen-bond donors (Lipinski definition) is 0. The molecule has 33 heavy (non-hydrogen) atoms. The molecule has 2 saturated heterocycles. The number of rotatable bonds is 7. The van der Waals surface area contributed by atoms with Gasteiger partial charge in [0, 0.05) is 61.3 Å². The molecule has 2 aromatic rings. The zero-order chi connectivity index (χ0) is 23.3. The van der Waals surface area contributed by atoms with Crippen LogP contribution in [-0.4, -0.2) is 80.5 Å². The normalized spacial score (nSPS) is 20.1. The maximum absolute atomic E-state index is 13.2. The highest BCUT2D eigenvalue weighted by Gasteiger charge is 2.34. The summed E-state index contributed by atoms with van der Waals surface area (Å²) >= 11 is 3.35.